The molecular weight excluding hydrogens is 492 g/mol. The van der Waals surface area contributed by atoms with Crippen molar-refractivity contribution in [2.45, 2.75) is 50.2 Å². The van der Waals surface area contributed by atoms with E-state index in [2.05, 4.69) is 24.3 Å². The summed E-state index contributed by atoms with van der Waals surface area (Å²) in [7, 11) is -3.85. The lowest BCUT2D eigenvalue weighted by molar-refractivity contribution is 0.185. The molecule has 0 N–H and O–H groups in total. The first-order valence-electron chi connectivity index (χ1n) is 13.2. The van der Waals surface area contributed by atoms with Crippen molar-refractivity contribution in [3.8, 4) is 0 Å². The third-order valence-corrected chi connectivity index (χ3v) is 9.58. The largest absolute Gasteiger partial charge is 0.366 e. The minimum Gasteiger partial charge on any atom is -0.366 e. The molecule has 4 aromatic rings. The molecule has 0 amide bonds. The van der Waals surface area contributed by atoms with E-state index in [1.165, 1.54) is 0 Å². The van der Waals surface area contributed by atoms with Gasteiger partial charge in [0, 0.05) is 13.1 Å². The van der Waals surface area contributed by atoms with Crippen molar-refractivity contribution in [3.63, 3.8) is 0 Å². The lowest BCUT2D eigenvalue weighted by Crippen LogP contribution is -2.51. The molecular formula is C32H32N2O3S. The molecule has 4 atom stereocenters. The maximum absolute atomic E-state index is 14.7. The summed E-state index contributed by atoms with van der Waals surface area (Å²) in [6, 6.07) is 39.4. The highest BCUT2D eigenvalue weighted by molar-refractivity contribution is 7.86. The number of benzene rings is 4. The van der Waals surface area contributed by atoms with Crippen LogP contribution in [0.5, 0.6) is 0 Å². The molecule has 0 radical (unpaired) electrons. The zero-order valence-corrected chi connectivity index (χ0v) is 22.0. The zero-order chi connectivity index (χ0) is 26.0. The first-order chi connectivity index (χ1) is 18.6. The first-order valence-corrected chi connectivity index (χ1v) is 14.6. The van der Waals surface area contributed by atoms with Crippen molar-refractivity contribution in [1.82, 2.24) is 8.61 Å². The van der Waals surface area contributed by atoms with Gasteiger partial charge in [-0.3, -0.25) is 0 Å². The summed E-state index contributed by atoms with van der Waals surface area (Å²) in [4.78, 5) is 0. The highest BCUT2D eigenvalue weighted by Gasteiger charge is 2.60. The second-order valence-electron chi connectivity index (χ2n) is 10.1. The monoisotopic (exact) mass is 524 g/mol. The van der Waals surface area contributed by atoms with Gasteiger partial charge in [-0.05, 0) is 35.1 Å². The van der Waals surface area contributed by atoms with Crippen molar-refractivity contribution in [3.05, 3.63) is 144 Å². The van der Waals surface area contributed by atoms with E-state index in [1.807, 2.05) is 97.1 Å². The number of fused-ring (bicyclic) bond motifs is 1. The molecule has 2 aliphatic heterocycles. The molecule has 2 saturated heterocycles. The van der Waals surface area contributed by atoms with Crippen LogP contribution < -0.4 is 0 Å². The van der Waals surface area contributed by atoms with Gasteiger partial charge in [-0.15, -0.1) is 0 Å². The lowest BCUT2D eigenvalue weighted by Gasteiger charge is -2.36. The van der Waals surface area contributed by atoms with Crippen LogP contribution >= 0.6 is 0 Å². The van der Waals surface area contributed by atoms with Gasteiger partial charge >= 0.3 is 0 Å². The second kappa shape index (κ2) is 10.8. The van der Waals surface area contributed by atoms with E-state index in [-0.39, 0.29) is 24.3 Å². The summed E-state index contributed by atoms with van der Waals surface area (Å²) in [5.41, 5.74) is 4.15. The Bertz CT molecular complexity index is 1330. The number of hydrogen-bond donors (Lipinski definition) is 0. The predicted octanol–water partition coefficient (Wildman–Crippen LogP) is 5.24. The molecule has 2 aliphatic rings. The van der Waals surface area contributed by atoms with Gasteiger partial charge in [0.25, 0.3) is 10.2 Å². The topological polar surface area (TPSA) is 53.2 Å². The number of nitrogens with zero attached hydrogens (tertiary/aromatic N) is 2. The normalized spacial score (nSPS) is 24.8. The zero-order valence-electron chi connectivity index (χ0n) is 21.2. The van der Waals surface area contributed by atoms with Crippen LogP contribution in [0.25, 0.3) is 0 Å². The maximum atomic E-state index is 14.7. The van der Waals surface area contributed by atoms with Gasteiger partial charge < -0.3 is 4.74 Å². The molecule has 1 unspecified atom stereocenters. The number of hydrogen-bond acceptors (Lipinski definition) is 3. The fraction of sp³-hybridized carbons (Fsp3) is 0.250. The Kier molecular flexibility index (Phi) is 7.13. The van der Waals surface area contributed by atoms with Gasteiger partial charge in [-0.1, -0.05) is 121 Å². The summed E-state index contributed by atoms with van der Waals surface area (Å²) in [6.45, 7) is 0.604. The van der Waals surface area contributed by atoms with Crippen molar-refractivity contribution in [2.24, 2.45) is 0 Å². The van der Waals surface area contributed by atoms with Gasteiger partial charge in [0.15, 0.2) is 0 Å². The van der Waals surface area contributed by atoms with Crippen molar-refractivity contribution < 1.29 is 13.2 Å². The highest BCUT2D eigenvalue weighted by Crippen LogP contribution is 2.43. The summed E-state index contributed by atoms with van der Waals surface area (Å²) in [6.07, 6.45) is 0.878. The molecule has 0 aromatic heterocycles. The number of epoxide rings is 1. The minimum atomic E-state index is -3.85. The quantitative estimate of drug-likeness (QED) is 0.296. The third-order valence-electron chi connectivity index (χ3n) is 7.59. The SMILES string of the molecule is O=S1(=O)N(Cc2ccccc2)[C@@H](Cc2ccccc2)C2O[C@H]2[C@H](Cc2ccccc2)N1Cc1ccccc1. The van der Waals surface area contributed by atoms with E-state index in [9.17, 15) is 8.42 Å². The van der Waals surface area contributed by atoms with Crippen molar-refractivity contribution >= 4 is 10.2 Å². The molecule has 5 nitrogen and oxygen atoms in total. The average molecular weight is 525 g/mol. The van der Waals surface area contributed by atoms with Crippen molar-refractivity contribution in [2.75, 3.05) is 0 Å². The maximum Gasteiger partial charge on any atom is 0.283 e. The molecule has 4 aromatic carbocycles. The Labute approximate surface area is 225 Å². The van der Waals surface area contributed by atoms with Gasteiger partial charge in [-0.2, -0.15) is 17.0 Å². The minimum absolute atomic E-state index is 0.164. The van der Waals surface area contributed by atoms with Gasteiger partial charge in [0.05, 0.1) is 12.1 Å². The Balaban J connectivity index is 1.43. The standard InChI is InChI=1S/C32H32N2O3S/c35-38(36)33(23-27-17-9-3-10-18-27)29(21-25-13-5-1-6-14-25)31-32(37-31)30(22-26-15-7-2-8-16-26)34(38)24-28-19-11-4-12-20-28/h1-20,29-32H,21-24H2/t29-,30-,31-,32?/m0/s1. The summed E-state index contributed by atoms with van der Waals surface area (Å²) in [5.74, 6) is 0. The molecule has 38 heavy (non-hydrogen) atoms. The molecule has 0 spiro atoms. The van der Waals surface area contributed by atoms with Gasteiger partial charge in [0.1, 0.15) is 12.2 Å². The van der Waals surface area contributed by atoms with E-state index in [0.717, 1.165) is 22.3 Å². The van der Waals surface area contributed by atoms with Gasteiger partial charge in [0.2, 0.25) is 0 Å². The van der Waals surface area contributed by atoms with Crippen LogP contribution in [-0.4, -0.2) is 41.3 Å². The van der Waals surface area contributed by atoms with Crippen LogP contribution in [0.2, 0.25) is 0 Å². The van der Waals surface area contributed by atoms with E-state index in [4.69, 9.17) is 4.74 Å². The van der Waals surface area contributed by atoms with E-state index in [1.54, 1.807) is 8.61 Å². The van der Waals surface area contributed by atoms with Crippen LogP contribution in [0, 0.1) is 0 Å². The summed E-state index contributed by atoms with van der Waals surface area (Å²) >= 11 is 0. The molecule has 0 bridgehead atoms. The molecule has 6 rings (SSSR count). The van der Waals surface area contributed by atoms with E-state index in [0.29, 0.717) is 25.9 Å². The van der Waals surface area contributed by atoms with Crippen LogP contribution in [-0.2, 0) is 40.9 Å². The van der Waals surface area contributed by atoms with Crippen LogP contribution in [0.15, 0.2) is 121 Å². The predicted molar refractivity (Wildman–Crippen MR) is 149 cm³/mol. The number of ether oxygens (including phenoxy) is 1. The molecule has 2 fully saturated rings. The Morgan fingerprint density at radius 1 is 0.500 bits per heavy atom. The van der Waals surface area contributed by atoms with Crippen LogP contribution in [0.1, 0.15) is 22.3 Å². The van der Waals surface area contributed by atoms with Crippen molar-refractivity contribution in [1.29, 1.82) is 0 Å². The number of rotatable bonds is 8. The smallest absolute Gasteiger partial charge is 0.283 e. The molecule has 6 heteroatoms. The Morgan fingerprint density at radius 3 is 1.16 bits per heavy atom. The fourth-order valence-electron chi connectivity index (χ4n) is 5.63. The van der Waals surface area contributed by atoms with Crippen LogP contribution in [0.3, 0.4) is 0 Å². The molecule has 2 heterocycles. The summed E-state index contributed by atoms with van der Waals surface area (Å²) in [5, 5.41) is 0. The van der Waals surface area contributed by atoms with Crippen LogP contribution in [0.4, 0.5) is 0 Å². The average Bonchev–Trinajstić information content (AvgIpc) is 3.75. The van der Waals surface area contributed by atoms with E-state index >= 15 is 0 Å². The molecule has 0 saturated carbocycles. The van der Waals surface area contributed by atoms with E-state index < -0.39 is 10.2 Å². The second-order valence-corrected chi connectivity index (χ2v) is 12.0. The lowest BCUT2D eigenvalue weighted by atomic mass is 9.95. The Hall–Kier alpha value is -3.29. The molecule has 0 aliphatic carbocycles. The van der Waals surface area contributed by atoms with Gasteiger partial charge in [-0.25, -0.2) is 0 Å². The third kappa shape index (κ3) is 5.31. The summed E-state index contributed by atoms with van der Waals surface area (Å²) < 4.78 is 39.2. The fourth-order valence-corrected chi connectivity index (χ4v) is 7.60. The Morgan fingerprint density at radius 2 is 0.816 bits per heavy atom. The first kappa shape index (κ1) is 25.0. The highest BCUT2D eigenvalue weighted by atomic mass is 32.2. The molecule has 194 valence electrons.